The molecule has 0 amide bonds. The van der Waals surface area contributed by atoms with E-state index in [0.29, 0.717) is 11.6 Å². The molecule has 0 bridgehead atoms. The number of nitrogens with one attached hydrogen (secondary N) is 1. The van der Waals surface area contributed by atoms with Crippen LogP contribution in [0.15, 0.2) is 18.2 Å². The average Bonchev–Trinajstić information content (AvgIpc) is 3.13. The monoisotopic (exact) mass is 266 g/mol. The van der Waals surface area contributed by atoms with Crippen LogP contribution in [-0.4, -0.2) is 25.2 Å². The van der Waals surface area contributed by atoms with Crippen molar-refractivity contribution in [1.29, 1.82) is 0 Å². The highest BCUT2D eigenvalue weighted by Gasteiger charge is 2.43. The lowest BCUT2D eigenvalue weighted by atomic mass is 9.95. The van der Waals surface area contributed by atoms with Gasteiger partial charge in [0.05, 0.1) is 0 Å². The Morgan fingerprint density at radius 1 is 1.21 bits per heavy atom. The first-order valence-electron chi connectivity index (χ1n) is 7.03. The lowest BCUT2D eigenvalue weighted by Gasteiger charge is -2.35. The quantitative estimate of drug-likeness (QED) is 0.885. The first kappa shape index (κ1) is 12.9. The maximum atomic E-state index is 13.4. The van der Waals surface area contributed by atoms with Crippen molar-refractivity contribution in [2.75, 3.05) is 24.5 Å². The van der Waals surface area contributed by atoms with Crippen LogP contribution in [0, 0.1) is 17.6 Å². The highest BCUT2D eigenvalue weighted by atomic mass is 19.1. The third-order valence-corrected chi connectivity index (χ3v) is 4.34. The maximum Gasteiger partial charge on any atom is 0.128 e. The summed E-state index contributed by atoms with van der Waals surface area (Å²) in [5.41, 5.74) is 0.729. The highest BCUT2D eigenvalue weighted by molar-refractivity contribution is 5.47. The molecule has 1 aliphatic heterocycles. The van der Waals surface area contributed by atoms with E-state index < -0.39 is 11.6 Å². The number of hydrogen-bond acceptors (Lipinski definition) is 2. The number of rotatable bonds is 2. The molecule has 0 aromatic heterocycles. The number of halogens is 2. The molecule has 1 saturated heterocycles. The summed E-state index contributed by atoms with van der Waals surface area (Å²) in [4.78, 5) is 2.12. The molecule has 19 heavy (non-hydrogen) atoms. The summed E-state index contributed by atoms with van der Waals surface area (Å²) in [6, 6.07) is 3.79. The summed E-state index contributed by atoms with van der Waals surface area (Å²) in [5.74, 6) is -0.299. The molecular weight excluding hydrogens is 246 g/mol. The highest BCUT2D eigenvalue weighted by Crippen LogP contribution is 2.41. The minimum atomic E-state index is -0.500. The van der Waals surface area contributed by atoms with Gasteiger partial charge < -0.3 is 10.2 Å². The molecule has 0 radical (unpaired) electrons. The van der Waals surface area contributed by atoms with Crippen molar-refractivity contribution in [3.63, 3.8) is 0 Å². The SMILES string of the molecule is CC1(C2CC2)CN(c2cc(F)cc(F)c2)CCCN1. The van der Waals surface area contributed by atoms with Crippen LogP contribution in [0.25, 0.3) is 0 Å². The molecule has 1 saturated carbocycles. The van der Waals surface area contributed by atoms with Crippen LogP contribution in [0.2, 0.25) is 0 Å². The van der Waals surface area contributed by atoms with Crippen LogP contribution in [0.5, 0.6) is 0 Å². The molecule has 1 aromatic carbocycles. The van der Waals surface area contributed by atoms with E-state index in [4.69, 9.17) is 0 Å². The smallest absolute Gasteiger partial charge is 0.128 e. The lowest BCUT2D eigenvalue weighted by Crippen LogP contribution is -2.51. The van der Waals surface area contributed by atoms with Crippen LogP contribution in [0.1, 0.15) is 26.2 Å². The second-order valence-electron chi connectivity index (χ2n) is 6.02. The van der Waals surface area contributed by atoms with Crippen molar-refractivity contribution in [2.45, 2.75) is 31.7 Å². The number of nitrogens with zero attached hydrogens (tertiary/aromatic N) is 1. The van der Waals surface area contributed by atoms with Gasteiger partial charge in [-0.05, 0) is 50.8 Å². The summed E-state index contributed by atoms with van der Waals surface area (Å²) >= 11 is 0. The summed E-state index contributed by atoms with van der Waals surface area (Å²) in [5, 5.41) is 3.62. The molecule has 2 aliphatic rings. The number of hydrogen-bond donors (Lipinski definition) is 1. The Labute approximate surface area is 112 Å². The normalized spacial score (nSPS) is 28.3. The lowest BCUT2D eigenvalue weighted by molar-refractivity contribution is 0.331. The molecule has 3 rings (SSSR count). The van der Waals surface area contributed by atoms with Gasteiger partial charge in [-0.2, -0.15) is 0 Å². The van der Waals surface area contributed by atoms with Gasteiger partial charge in [-0.3, -0.25) is 0 Å². The van der Waals surface area contributed by atoms with E-state index in [9.17, 15) is 8.78 Å². The third kappa shape index (κ3) is 2.73. The standard InChI is InChI=1S/C15H20F2N2/c1-15(11-3-4-11)10-19(6-2-5-18-15)14-8-12(16)7-13(17)9-14/h7-9,11,18H,2-6,10H2,1H3. The van der Waals surface area contributed by atoms with Crippen LogP contribution in [0.4, 0.5) is 14.5 Å². The van der Waals surface area contributed by atoms with Crippen LogP contribution in [0.3, 0.4) is 0 Å². The first-order chi connectivity index (χ1) is 9.07. The van der Waals surface area contributed by atoms with Crippen LogP contribution < -0.4 is 10.2 Å². The average molecular weight is 266 g/mol. The van der Waals surface area contributed by atoms with Crippen LogP contribution in [-0.2, 0) is 0 Å². The van der Waals surface area contributed by atoms with Gasteiger partial charge in [0.1, 0.15) is 11.6 Å². The molecule has 1 N–H and O–H groups in total. The van der Waals surface area contributed by atoms with Gasteiger partial charge in [-0.1, -0.05) is 0 Å². The second-order valence-corrected chi connectivity index (χ2v) is 6.02. The Morgan fingerprint density at radius 3 is 2.53 bits per heavy atom. The molecule has 4 heteroatoms. The van der Waals surface area contributed by atoms with Gasteiger partial charge in [-0.25, -0.2) is 8.78 Å². The molecule has 1 atom stereocenters. The van der Waals surface area contributed by atoms with Crippen molar-refractivity contribution in [3.05, 3.63) is 29.8 Å². The fraction of sp³-hybridized carbons (Fsp3) is 0.600. The largest absolute Gasteiger partial charge is 0.369 e. The van der Waals surface area contributed by atoms with Gasteiger partial charge >= 0.3 is 0 Å². The summed E-state index contributed by atoms with van der Waals surface area (Å²) in [6.45, 7) is 4.87. The maximum absolute atomic E-state index is 13.4. The van der Waals surface area contributed by atoms with Gasteiger partial charge in [0.2, 0.25) is 0 Å². The molecule has 2 fully saturated rings. The molecule has 0 spiro atoms. The predicted octanol–water partition coefficient (Wildman–Crippen LogP) is 2.93. The Kier molecular flexibility index (Phi) is 3.21. The Morgan fingerprint density at radius 2 is 1.89 bits per heavy atom. The first-order valence-corrected chi connectivity index (χ1v) is 7.03. The van der Waals surface area contributed by atoms with Gasteiger partial charge in [0, 0.05) is 30.4 Å². The molecule has 1 unspecified atom stereocenters. The zero-order valence-electron chi connectivity index (χ0n) is 11.3. The van der Waals surface area contributed by atoms with Gasteiger partial charge in [-0.15, -0.1) is 0 Å². The Hall–Kier alpha value is -1.16. The summed E-state index contributed by atoms with van der Waals surface area (Å²) in [7, 11) is 0. The zero-order chi connectivity index (χ0) is 13.5. The molecule has 1 aromatic rings. The zero-order valence-corrected chi connectivity index (χ0v) is 11.3. The van der Waals surface area contributed by atoms with E-state index in [1.165, 1.54) is 25.0 Å². The Balaban J connectivity index is 1.85. The molecule has 104 valence electrons. The molecule has 1 aliphatic carbocycles. The summed E-state index contributed by atoms with van der Waals surface area (Å²) in [6.07, 6.45) is 3.52. The summed E-state index contributed by atoms with van der Waals surface area (Å²) < 4.78 is 26.7. The molecular formula is C15H20F2N2. The van der Waals surface area contributed by atoms with Gasteiger partial charge in [0.15, 0.2) is 0 Å². The minimum Gasteiger partial charge on any atom is -0.369 e. The number of benzene rings is 1. The van der Waals surface area contributed by atoms with Crippen molar-refractivity contribution in [3.8, 4) is 0 Å². The van der Waals surface area contributed by atoms with Crippen molar-refractivity contribution in [1.82, 2.24) is 5.32 Å². The van der Waals surface area contributed by atoms with Crippen molar-refractivity contribution in [2.24, 2.45) is 5.92 Å². The van der Waals surface area contributed by atoms with E-state index in [1.54, 1.807) is 0 Å². The van der Waals surface area contributed by atoms with E-state index in [-0.39, 0.29) is 5.54 Å². The van der Waals surface area contributed by atoms with E-state index in [1.807, 2.05) is 0 Å². The van der Waals surface area contributed by atoms with Crippen molar-refractivity contribution < 1.29 is 8.78 Å². The van der Waals surface area contributed by atoms with E-state index in [2.05, 4.69) is 17.1 Å². The fourth-order valence-electron chi connectivity index (χ4n) is 3.11. The number of anilines is 1. The third-order valence-electron chi connectivity index (χ3n) is 4.34. The van der Waals surface area contributed by atoms with Crippen molar-refractivity contribution >= 4 is 5.69 Å². The minimum absolute atomic E-state index is 0.0687. The van der Waals surface area contributed by atoms with E-state index in [0.717, 1.165) is 32.1 Å². The van der Waals surface area contributed by atoms with E-state index >= 15 is 0 Å². The van der Waals surface area contributed by atoms with Gasteiger partial charge in [0.25, 0.3) is 0 Å². The van der Waals surface area contributed by atoms with Crippen LogP contribution >= 0.6 is 0 Å². The fourth-order valence-corrected chi connectivity index (χ4v) is 3.11. The molecule has 2 nitrogen and oxygen atoms in total. The Bertz CT molecular complexity index is 453. The second kappa shape index (κ2) is 4.75. The molecule has 1 heterocycles. The topological polar surface area (TPSA) is 15.3 Å². The predicted molar refractivity (Wildman–Crippen MR) is 72.3 cm³/mol.